The van der Waals surface area contributed by atoms with Crippen LogP contribution in [0.3, 0.4) is 0 Å². The maximum Gasteiger partial charge on any atom is 0.213 e. The van der Waals surface area contributed by atoms with Gasteiger partial charge in [0.15, 0.2) is 5.96 Å². The number of nitrogens with zero attached hydrogens (tertiary/aromatic N) is 2. The summed E-state index contributed by atoms with van der Waals surface area (Å²) in [5.41, 5.74) is 2.37. The van der Waals surface area contributed by atoms with Crippen LogP contribution in [0, 0.1) is 6.92 Å². The Hall–Kier alpha value is -1.35. The van der Waals surface area contributed by atoms with E-state index in [4.69, 9.17) is 4.74 Å². The summed E-state index contributed by atoms with van der Waals surface area (Å²) in [6.07, 6.45) is 2.80. The summed E-state index contributed by atoms with van der Waals surface area (Å²) >= 11 is 1.76. The second kappa shape index (κ2) is 12.1. The molecule has 0 unspecified atom stereocenters. The van der Waals surface area contributed by atoms with Crippen LogP contribution in [0.1, 0.15) is 36.3 Å². The molecule has 2 aromatic rings. The molecular weight excluding hydrogens is 447 g/mol. The van der Waals surface area contributed by atoms with E-state index in [2.05, 4.69) is 52.8 Å². The van der Waals surface area contributed by atoms with Crippen molar-refractivity contribution in [1.29, 1.82) is 0 Å². The number of aliphatic imine (C=N–C) groups is 1. The Labute approximate surface area is 171 Å². The minimum Gasteiger partial charge on any atom is -0.478 e. The molecule has 0 spiro atoms. The highest BCUT2D eigenvalue weighted by molar-refractivity contribution is 14.0. The van der Waals surface area contributed by atoms with Crippen LogP contribution in [0.25, 0.3) is 0 Å². The van der Waals surface area contributed by atoms with E-state index < -0.39 is 0 Å². The fourth-order valence-corrected chi connectivity index (χ4v) is 2.90. The Bertz CT molecular complexity index is 643. The minimum absolute atomic E-state index is 0. The highest BCUT2D eigenvalue weighted by atomic mass is 127. The molecule has 0 aliphatic heterocycles. The van der Waals surface area contributed by atoms with Crippen molar-refractivity contribution in [3.05, 3.63) is 45.8 Å². The van der Waals surface area contributed by atoms with Crippen LogP contribution in [-0.2, 0) is 13.1 Å². The van der Waals surface area contributed by atoms with Crippen molar-refractivity contribution in [3.8, 4) is 5.88 Å². The van der Waals surface area contributed by atoms with E-state index in [0.717, 1.165) is 31.0 Å². The molecule has 2 heterocycles. The van der Waals surface area contributed by atoms with Gasteiger partial charge in [0, 0.05) is 23.7 Å². The molecule has 138 valence electrons. The fraction of sp³-hybridized carbons (Fsp3) is 0.444. The highest BCUT2D eigenvalue weighted by Crippen LogP contribution is 2.14. The number of hydrogen-bond donors (Lipinski definition) is 2. The second-order valence-electron chi connectivity index (χ2n) is 5.43. The maximum absolute atomic E-state index is 5.49. The summed E-state index contributed by atoms with van der Waals surface area (Å²) in [7, 11) is 0. The maximum atomic E-state index is 5.49. The summed E-state index contributed by atoms with van der Waals surface area (Å²) in [4.78, 5) is 10.3. The zero-order valence-electron chi connectivity index (χ0n) is 15.0. The van der Waals surface area contributed by atoms with E-state index in [-0.39, 0.29) is 24.0 Å². The number of aromatic nitrogens is 1. The number of pyridine rings is 1. The van der Waals surface area contributed by atoms with E-state index in [9.17, 15) is 0 Å². The zero-order valence-corrected chi connectivity index (χ0v) is 18.2. The first-order valence-electron chi connectivity index (χ1n) is 8.35. The summed E-state index contributed by atoms with van der Waals surface area (Å²) in [5, 5.41) is 8.77. The number of aryl methyl sites for hydroxylation is 1. The highest BCUT2D eigenvalue weighted by Gasteiger charge is 2.02. The lowest BCUT2D eigenvalue weighted by molar-refractivity contribution is 0.305. The van der Waals surface area contributed by atoms with Crippen LogP contribution in [0.5, 0.6) is 5.88 Å². The minimum atomic E-state index is 0. The Morgan fingerprint density at radius 1 is 1.24 bits per heavy atom. The molecule has 0 radical (unpaired) electrons. The normalized spacial score (nSPS) is 10.9. The lowest BCUT2D eigenvalue weighted by atomic mass is 10.3. The third-order valence-corrected chi connectivity index (χ3v) is 4.42. The van der Waals surface area contributed by atoms with Crippen molar-refractivity contribution in [2.45, 2.75) is 40.3 Å². The first-order valence-corrected chi connectivity index (χ1v) is 9.23. The van der Waals surface area contributed by atoms with Gasteiger partial charge in [0.25, 0.3) is 0 Å². The number of hydrogen-bond acceptors (Lipinski definition) is 4. The molecule has 2 aromatic heterocycles. The van der Waals surface area contributed by atoms with Crippen molar-refractivity contribution in [1.82, 2.24) is 15.6 Å². The number of halogens is 1. The van der Waals surface area contributed by atoms with Gasteiger partial charge in [-0.3, -0.25) is 0 Å². The predicted octanol–water partition coefficient (Wildman–Crippen LogP) is 4.11. The predicted molar refractivity (Wildman–Crippen MR) is 116 cm³/mol. The zero-order chi connectivity index (χ0) is 17.2. The molecule has 0 fully saturated rings. The summed E-state index contributed by atoms with van der Waals surface area (Å²) in [6.45, 7) is 9.17. The van der Waals surface area contributed by atoms with Crippen molar-refractivity contribution < 1.29 is 4.74 Å². The SMILES string of the molecule is CCCOc1ccc(CN=C(NCC)NCc2sccc2C)cn1.I. The van der Waals surface area contributed by atoms with Crippen molar-refractivity contribution in [2.24, 2.45) is 4.99 Å². The van der Waals surface area contributed by atoms with Crippen LogP contribution in [0.15, 0.2) is 34.8 Å². The molecule has 0 saturated heterocycles. The molecule has 0 saturated carbocycles. The van der Waals surface area contributed by atoms with Gasteiger partial charge in [-0.05, 0) is 42.8 Å². The monoisotopic (exact) mass is 474 g/mol. The molecule has 0 aliphatic rings. The number of thiophene rings is 1. The van der Waals surface area contributed by atoms with E-state index in [1.165, 1.54) is 10.4 Å². The van der Waals surface area contributed by atoms with Gasteiger partial charge in [-0.25, -0.2) is 9.98 Å². The third-order valence-electron chi connectivity index (χ3n) is 3.40. The van der Waals surface area contributed by atoms with Crippen LogP contribution in [-0.4, -0.2) is 24.1 Å². The summed E-state index contributed by atoms with van der Waals surface area (Å²) in [6, 6.07) is 6.05. The smallest absolute Gasteiger partial charge is 0.213 e. The molecule has 2 rings (SSSR count). The Kier molecular flexibility index (Phi) is 10.5. The molecule has 25 heavy (non-hydrogen) atoms. The van der Waals surface area contributed by atoms with E-state index in [0.29, 0.717) is 19.0 Å². The largest absolute Gasteiger partial charge is 0.478 e. The van der Waals surface area contributed by atoms with Crippen LogP contribution < -0.4 is 15.4 Å². The average Bonchev–Trinajstić information content (AvgIpc) is 3.01. The molecule has 0 aromatic carbocycles. The van der Waals surface area contributed by atoms with Gasteiger partial charge in [0.2, 0.25) is 5.88 Å². The van der Waals surface area contributed by atoms with Crippen molar-refractivity contribution >= 4 is 41.3 Å². The fourth-order valence-electron chi connectivity index (χ4n) is 2.06. The number of ether oxygens (including phenoxy) is 1. The van der Waals surface area contributed by atoms with Crippen LogP contribution in [0.4, 0.5) is 0 Å². The molecule has 5 nitrogen and oxygen atoms in total. The van der Waals surface area contributed by atoms with Gasteiger partial charge >= 0.3 is 0 Å². The van der Waals surface area contributed by atoms with E-state index >= 15 is 0 Å². The summed E-state index contributed by atoms with van der Waals surface area (Å²) < 4.78 is 5.49. The van der Waals surface area contributed by atoms with Crippen LogP contribution in [0.2, 0.25) is 0 Å². The van der Waals surface area contributed by atoms with E-state index in [1.807, 2.05) is 18.3 Å². The summed E-state index contributed by atoms with van der Waals surface area (Å²) in [5.74, 6) is 1.49. The van der Waals surface area contributed by atoms with Gasteiger partial charge < -0.3 is 15.4 Å². The van der Waals surface area contributed by atoms with Gasteiger partial charge in [0.05, 0.1) is 19.7 Å². The van der Waals surface area contributed by atoms with E-state index in [1.54, 1.807) is 11.3 Å². The van der Waals surface area contributed by atoms with Crippen molar-refractivity contribution in [3.63, 3.8) is 0 Å². The van der Waals surface area contributed by atoms with Crippen molar-refractivity contribution in [2.75, 3.05) is 13.2 Å². The molecule has 2 N–H and O–H groups in total. The molecule has 0 amide bonds. The molecule has 7 heteroatoms. The lowest BCUT2D eigenvalue weighted by Crippen LogP contribution is -2.36. The first-order chi connectivity index (χ1) is 11.7. The number of guanidine groups is 1. The van der Waals surface area contributed by atoms with Gasteiger partial charge in [-0.2, -0.15) is 0 Å². The molecule has 0 aliphatic carbocycles. The van der Waals surface area contributed by atoms with Crippen LogP contribution >= 0.6 is 35.3 Å². The van der Waals surface area contributed by atoms with Gasteiger partial charge in [-0.15, -0.1) is 35.3 Å². The standard InChI is InChI=1S/C18H26N4OS.HI/c1-4-9-23-17-7-6-15(11-20-17)12-21-18(19-5-2)22-13-16-14(3)8-10-24-16;/h6-8,10-11H,4-5,9,12-13H2,1-3H3,(H2,19,21,22);1H. The Balaban J connectivity index is 0.00000312. The Morgan fingerprint density at radius 2 is 2.08 bits per heavy atom. The quantitative estimate of drug-likeness (QED) is 0.344. The lowest BCUT2D eigenvalue weighted by Gasteiger charge is -2.11. The topological polar surface area (TPSA) is 58.5 Å². The number of rotatable bonds is 8. The third kappa shape index (κ3) is 7.60. The first kappa shape index (κ1) is 21.7. The molecule has 0 bridgehead atoms. The average molecular weight is 474 g/mol. The molecule has 0 atom stereocenters. The van der Waals surface area contributed by atoms with Gasteiger partial charge in [-0.1, -0.05) is 13.0 Å². The molecular formula is C18H27IN4OS. The number of nitrogens with one attached hydrogen (secondary N) is 2. The second-order valence-corrected chi connectivity index (χ2v) is 6.43. The van der Waals surface area contributed by atoms with Gasteiger partial charge in [0.1, 0.15) is 0 Å². The Morgan fingerprint density at radius 3 is 2.68 bits per heavy atom.